The quantitative estimate of drug-likeness (QED) is 0.943. The molecule has 122 valence electrons. The van der Waals surface area contributed by atoms with Crippen molar-refractivity contribution in [3.63, 3.8) is 0 Å². The highest BCUT2D eigenvalue weighted by Crippen LogP contribution is 2.27. The number of benzene rings is 1. The van der Waals surface area contributed by atoms with Gasteiger partial charge in [-0.2, -0.15) is 0 Å². The minimum Gasteiger partial charge on any atom is -0.437 e. The van der Waals surface area contributed by atoms with Crippen molar-refractivity contribution in [3.05, 3.63) is 53.2 Å². The highest BCUT2D eigenvalue weighted by atomic mass is 16.4. The van der Waals surface area contributed by atoms with Crippen molar-refractivity contribution in [2.75, 3.05) is 6.54 Å². The van der Waals surface area contributed by atoms with Crippen LogP contribution in [0.4, 0.5) is 0 Å². The Kier molecular flexibility index (Phi) is 4.48. The van der Waals surface area contributed by atoms with Gasteiger partial charge in [0, 0.05) is 31.6 Å². The Morgan fingerprint density at radius 3 is 2.70 bits per heavy atom. The van der Waals surface area contributed by atoms with E-state index >= 15 is 0 Å². The smallest absolute Gasteiger partial charge is 0.307 e. The number of carbonyl (C=O) groups excluding carboxylic acids is 1. The normalized spacial score (nSPS) is 16.2. The lowest BCUT2D eigenvalue weighted by Gasteiger charge is -2.31. The largest absolute Gasteiger partial charge is 0.437 e. The molecule has 0 unspecified atom stereocenters. The minimum atomic E-state index is -0.239. The number of fused-ring (bicyclic) bond motifs is 1. The van der Waals surface area contributed by atoms with Crippen LogP contribution in [0.2, 0.25) is 0 Å². The summed E-state index contributed by atoms with van der Waals surface area (Å²) in [6, 6.07) is 10.8. The Morgan fingerprint density at radius 1 is 1.26 bits per heavy atom. The molecule has 2 heterocycles. The summed E-state index contributed by atoms with van der Waals surface area (Å²) in [7, 11) is 0. The summed E-state index contributed by atoms with van der Waals surface area (Å²) in [5.74, 6) is 0.783. The summed E-state index contributed by atoms with van der Waals surface area (Å²) in [4.78, 5) is 18.8. The maximum absolute atomic E-state index is 12.0. The van der Waals surface area contributed by atoms with E-state index in [1.165, 1.54) is 5.56 Å². The third-order valence-electron chi connectivity index (χ3n) is 4.20. The average Bonchev–Trinajstić information content (AvgIpc) is 2.97. The molecule has 1 aliphatic heterocycles. The lowest BCUT2D eigenvalue weighted by atomic mass is 10.0. The first kappa shape index (κ1) is 15.7. The first-order valence-corrected chi connectivity index (χ1v) is 8.13. The maximum Gasteiger partial charge on any atom is 0.307 e. The van der Waals surface area contributed by atoms with Crippen LogP contribution in [0.3, 0.4) is 0 Å². The Labute approximate surface area is 136 Å². The second kappa shape index (κ2) is 6.54. The molecule has 0 fully saturated rings. The highest BCUT2D eigenvalue weighted by Gasteiger charge is 2.27. The molecular formula is C18H23N3O2. The predicted octanol–water partition coefficient (Wildman–Crippen LogP) is 2.93. The summed E-state index contributed by atoms with van der Waals surface area (Å²) in [5.41, 5.74) is 2.17. The molecule has 1 aromatic carbocycles. The van der Waals surface area contributed by atoms with Crippen molar-refractivity contribution in [1.82, 2.24) is 15.2 Å². The molecule has 0 bridgehead atoms. The summed E-state index contributed by atoms with van der Waals surface area (Å²) in [6.07, 6.45) is 0.786. The zero-order valence-electron chi connectivity index (χ0n) is 13.9. The van der Waals surface area contributed by atoms with E-state index < -0.39 is 0 Å². The molecule has 0 saturated carbocycles. The van der Waals surface area contributed by atoms with Gasteiger partial charge in [0.15, 0.2) is 0 Å². The molecule has 5 heteroatoms. The van der Waals surface area contributed by atoms with Gasteiger partial charge in [0.2, 0.25) is 0 Å². The van der Waals surface area contributed by atoms with Gasteiger partial charge < -0.3 is 9.73 Å². The van der Waals surface area contributed by atoms with E-state index in [9.17, 15) is 4.79 Å². The van der Waals surface area contributed by atoms with Crippen LogP contribution in [0, 0.1) is 0 Å². The molecule has 0 saturated heterocycles. The van der Waals surface area contributed by atoms with Gasteiger partial charge in [-0.1, -0.05) is 30.3 Å². The fraction of sp³-hybridized carbons (Fsp3) is 0.444. The van der Waals surface area contributed by atoms with Crippen molar-refractivity contribution < 1.29 is 9.21 Å². The molecule has 1 amide bonds. The van der Waals surface area contributed by atoms with Crippen molar-refractivity contribution in [2.45, 2.75) is 45.8 Å². The molecule has 5 nitrogen and oxygen atoms in total. The van der Waals surface area contributed by atoms with Crippen molar-refractivity contribution in [2.24, 2.45) is 0 Å². The topological polar surface area (TPSA) is 58.4 Å². The lowest BCUT2D eigenvalue weighted by Crippen LogP contribution is -2.32. The average molecular weight is 313 g/mol. The molecule has 2 aromatic rings. The third-order valence-corrected chi connectivity index (χ3v) is 4.20. The molecule has 3 rings (SSSR count). The van der Waals surface area contributed by atoms with Gasteiger partial charge in [-0.25, -0.2) is 4.98 Å². The second-order valence-electron chi connectivity index (χ2n) is 6.32. The Balaban J connectivity index is 1.73. The van der Waals surface area contributed by atoms with E-state index in [4.69, 9.17) is 4.42 Å². The van der Waals surface area contributed by atoms with Crippen LogP contribution in [-0.4, -0.2) is 28.4 Å². The summed E-state index contributed by atoms with van der Waals surface area (Å²) < 4.78 is 5.65. The van der Waals surface area contributed by atoms with Gasteiger partial charge in [-0.3, -0.25) is 9.69 Å². The van der Waals surface area contributed by atoms with Crippen LogP contribution in [-0.2, 0) is 13.0 Å². The maximum atomic E-state index is 12.0. The number of carbonyl (C=O) groups is 1. The van der Waals surface area contributed by atoms with Crippen LogP contribution in [0.15, 0.2) is 34.7 Å². The SMILES string of the molecule is CC(C)NC(=O)c1nc2c(o1)CCN([C@H](C)c1ccccc1)C2. The molecular weight excluding hydrogens is 290 g/mol. The van der Waals surface area contributed by atoms with Crippen molar-refractivity contribution >= 4 is 5.91 Å². The molecule has 1 atom stereocenters. The predicted molar refractivity (Wildman–Crippen MR) is 88.1 cm³/mol. The van der Waals surface area contributed by atoms with Gasteiger partial charge in [-0.05, 0) is 26.3 Å². The fourth-order valence-corrected chi connectivity index (χ4v) is 2.91. The second-order valence-corrected chi connectivity index (χ2v) is 6.32. The van der Waals surface area contributed by atoms with E-state index in [-0.39, 0.29) is 17.8 Å². The lowest BCUT2D eigenvalue weighted by molar-refractivity contribution is 0.0906. The number of rotatable bonds is 4. The summed E-state index contributed by atoms with van der Waals surface area (Å²) >= 11 is 0. The van der Waals surface area contributed by atoms with Crippen LogP contribution in [0.1, 0.15) is 54.5 Å². The van der Waals surface area contributed by atoms with E-state index in [0.29, 0.717) is 12.6 Å². The number of nitrogens with zero attached hydrogens (tertiary/aromatic N) is 2. The van der Waals surface area contributed by atoms with Crippen molar-refractivity contribution in [1.29, 1.82) is 0 Å². The molecule has 1 aromatic heterocycles. The van der Waals surface area contributed by atoms with Crippen LogP contribution in [0.25, 0.3) is 0 Å². The van der Waals surface area contributed by atoms with E-state index in [1.54, 1.807) is 0 Å². The molecule has 0 spiro atoms. The highest BCUT2D eigenvalue weighted by molar-refractivity contribution is 5.89. The summed E-state index contributed by atoms with van der Waals surface area (Å²) in [5, 5.41) is 2.82. The van der Waals surface area contributed by atoms with Crippen LogP contribution >= 0.6 is 0 Å². The first-order chi connectivity index (χ1) is 11.0. The van der Waals surface area contributed by atoms with E-state index in [2.05, 4.69) is 46.4 Å². The van der Waals surface area contributed by atoms with Crippen LogP contribution in [0.5, 0.6) is 0 Å². The standard InChI is InChI=1S/C18H23N3O2/c1-12(2)19-17(22)18-20-15-11-21(10-9-16(15)23-18)13(3)14-7-5-4-6-8-14/h4-8,12-13H,9-11H2,1-3H3,(H,19,22)/t13-/m1/s1. The summed E-state index contributed by atoms with van der Waals surface area (Å²) in [6.45, 7) is 7.66. The van der Waals surface area contributed by atoms with Gasteiger partial charge >= 0.3 is 5.91 Å². The van der Waals surface area contributed by atoms with Crippen LogP contribution < -0.4 is 5.32 Å². The van der Waals surface area contributed by atoms with Crippen molar-refractivity contribution in [3.8, 4) is 0 Å². The van der Waals surface area contributed by atoms with Gasteiger partial charge in [0.05, 0.1) is 5.69 Å². The van der Waals surface area contributed by atoms with E-state index in [1.807, 2.05) is 19.9 Å². The number of amides is 1. The Morgan fingerprint density at radius 2 is 2.00 bits per heavy atom. The zero-order valence-corrected chi connectivity index (χ0v) is 13.9. The number of hydrogen-bond donors (Lipinski definition) is 1. The number of oxazole rings is 1. The first-order valence-electron chi connectivity index (χ1n) is 8.13. The van der Waals surface area contributed by atoms with E-state index in [0.717, 1.165) is 24.4 Å². The zero-order chi connectivity index (χ0) is 16.4. The molecule has 1 N–H and O–H groups in total. The Bertz CT molecular complexity index is 679. The fourth-order valence-electron chi connectivity index (χ4n) is 2.91. The molecule has 23 heavy (non-hydrogen) atoms. The number of aromatic nitrogens is 1. The van der Waals surface area contributed by atoms with Gasteiger partial charge in [0.1, 0.15) is 5.76 Å². The number of nitrogens with one attached hydrogen (secondary N) is 1. The van der Waals surface area contributed by atoms with Gasteiger partial charge in [-0.15, -0.1) is 0 Å². The monoisotopic (exact) mass is 313 g/mol. The third kappa shape index (κ3) is 3.45. The molecule has 1 aliphatic rings. The molecule has 0 aliphatic carbocycles. The minimum absolute atomic E-state index is 0.0704. The number of hydrogen-bond acceptors (Lipinski definition) is 4. The van der Waals surface area contributed by atoms with Gasteiger partial charge in [0.25, 0.3) is 5.89 Å². The molecule has 0 radical (unpaired) electrons. The Hall–Kier alpha value is -2.14.